The van der Waals surface area contributed by atoms with E-state index < -0.39 is 17.7 Å². The number of Topliss-reactive ketones (excluding diaryl/α,β-unsaturated/α-hetero) is 1. The van der Waals surface area contributed by atoms with Crippen molar-refractivity contribution in [2.75, 3.05) is 27.4 Å². The highest BCUT2D eigenvalue weighted by atomic mass is 16.5. The number of unbranched alkanes of at least 4 members (excludes halogenated alkanes) is 1. The van der Waals surface area contributed by atoms with Crippen molar-refractivity contribution in [2.45, 2.75) is 25.8 Å². The van der Waals surface area contributed by atoms with Crippen molar-refractivity contribution in [3.63, 3.8) is 0 Å². The molecule has 1 fully saturated rings. The molecule has 0 aromatic heterocycles. The summed E-state index contributed by atoms with van der Waals surface area (Å²) in [5.74, 6) is -0.150. The first-order valence-corrected chi connectivity index (χ1v) is 10.8. The maximum Gasteiger partial charge on any atom is 0.295 e. The zero-order valence-electron chi connectivity index (χ0n) is 19.2. The Morgan fingerprint density at radius 1 is 1.12 bits per heavy atom. The highest BCUT2D eigenvalue weighted by Gasteiger charge is 2.45. The largest absolute Gasteiger partial charge is 0.507 e. The van der Waals surface area contributed by atoms with Crippen molar-refractivity contribution in [3.8, 4) is 17.2 Å². The lowest BCUT2D eigenvalue weighted by Gasteiger charge is -2.25. The molecule has 0 bridgehead atoms. The van der Waals surface area contributed by atoms with Gasteiger partial charge in [0.2, 0.25) is 0 Å². The maximum absolute atomic E-state index is 13.1. The van der Waals surface area contributed by atoms with Gasteiger partial charge in [0.25, 0.3) is 11.7 Å². The van der Waals surface area contributed by atoms with Crippen LogP contribution in [0.25, 0.3) is 5.76 Å². The quantitative estimate of drug-likeness (QED) is 0.248. The predicted molar refractivity (Wildman–Crippen MR) is 126 cm³/mol. The Kier molecular flexibility index (Phi) is 7.77. The topological polar surface area (TPSA) is 85.3 Å². The molecular weight excluding hydrogens is 422 g/mol. The fourth-order valence-corrected chi connectivity index (χ4v) is 3.85. The summed E-state index contributed by atoms with van der Waals surface area (Å²) in [5.41, 5.74) is 1.06. The van der Waals surface area contributed by atoms with Crippen molar-refractivity contribution in [3.05, 3.63) is 71.8 Å². The zero-order valence-corrected chi connectivity index (χ0v) is 19.2. The second-order valence-corrected chi connectivity index (χ2v) is 7.59. The number of carbonyl (C=O) groups excluding carboxylic acids is 2. The molecule has 1 atom stereocenters. The Labute approximate surface area is 193 Å². The molecule has 2 aromatic carbocycles. The Morgan fingerprint density at radius 3 is 2.55 bits per heavy atom. The Bertz CT molecular complexity index is 1070. The molecule has 174 valence electrons. The molecule has 2 aromatic rings. The number of hydrogen-bond donors (Lipinski definition) is 1. The lowest BCUT2D eigenvalue weighted by atomic mass is 9.95. The van der Waals surface area contributed by atoms with Crippen LogP contribution in [-0.4, -0.2) is 49.1 Å². The standard InChI is InChI=1S/C26H29NO6/c1-5-7-13-27-23(17-9-8-10-19(15-17)33-14-6-2)22(25(29)26(27)30)24(28)18-11-12-20(31-3)21(16-18)32-4/h6,8-12,15-16,23,28H,2,5,7,13-14H2,1,3-4H3/b24-22+. The number of benzene rings is 2. The van der Waals surface area contributed by atoms with Crippen molar-refractivity contribution >= 4 is 17.4 Å². The molecule has 1 N–H and O–H groups in total. The van der Waals surface area contributed by atoms with E-state index in [-0.39, 0.29) is 11.3 Å². The van der Waals surface area contributed by atoms with Crippen molar-refractivity contribution < 1.29 is 28.9 Å². The van der Waals surface area contributed by atoms with Crippen LogP contribution in [0.15, 0.2) is 60.7 Å². The summed E-state index contributed by atoms with van der Waals surface area (Å²) in [6.45, 7) is 6.39. The van der Waals surface area contributed by atoms with Crippen LogP contribution in [0.4, 0.5) is 0 Å². The van der Waals surface area contributed by atoms with Crippen LogP contribution in [0.2, 0.25) is 0 Å². The number of ether oxygens (including phenoxy) is 3. The molecule has 3 rings (SSSR count). The third-order valence-electron chi connectivity index (χ3n) is 5.49. The molecule has 0 radical (unpaired) electrons. The summed E-state index contributed by atoms with van der Waals surface area (Å²) in [4.78, 5) is 27.6. The minimum Gasteiger partial charge on any atom is -0.507 e. The van der Waals surface area contributed by atoms with Gasteiger partial charge in [0.15, 0.2) is 11.5 Å². The number of aliphatic hydroxyl groups is 1. The van der Waals surface area contributed by atoms with Crippen molar-refractivity contribution in [2.24, 2.45) is 0 Å². The summed E-state index contributed by atoms with van der Waals surface area (Å²) < 4.78 is 16.2. The number of amides is 1. The van der Waals surface area contributed by atoms with E-state index in [1.807, 2.05) is 13.0 Å². The van der Waals surface area contributed by atoms with E-state index in [2.05, 4.69) is 6.58 Å². The molecule has 7 heteroatoms. The SMILES string of the molecule is C=CCOc1cccc(C2/C(=C(\O)c3ccc(OC)c(OC)c3)C(=O)C(=O)N2CCCC)c1. The Balaban J connectivity index is 2.15. The summed E-state index contributed by atoms with van der Waals surface area (Å²) in [6, 6.07) is 11.3. The molecule has 1 amide bonds. The van der Waals surface area contributed by atoms with Gasteiger partial charge >= 0.3 is 0 Å². The molecule has 1 aliphatic heterocycles. The van der Waals surface area contributed by atoms with Gasteiger partial charge in [0.1, 0.15) is 18.1 Å². The van der Waals surface area contributed by atoms with Gasteiger partial charge in [-0.05, 0) is 42.3 Å². The van der Waals surface area contributed by atoms with E-state index in [1.165, 1.54) is 19.1 Å². The number of methoxy groups -OCH3 is 2. The molecular formula is C26H29NO6. The minimum absolute atomic E-state index is 0.0317. The molecule has 7 nitrogen and oxygen atoms in total. The number of likely N-dealkylation sites (tertiary alicyclic amines) is 1. The average Bonchev–Trinajstić information content (AvgIpc) is 3.10. The van der Waals surface area contributed by atoms with Crippen molar-refractivity contribution in [1.82, 2.24) is 4.90 Å². The molecule has 33 heavy (non-hydrogen) atoms. The highest BCUT2D eigenvalue weighted by molar-refractivity contribution is 6.46. The first-order valence-electron chi connectivity index (χ1n) is 10.8. The van der Waals surface area contributed by atoms with E-state index >= 15 is 0 Å². The molecule has 0 spiro atoms. The Morgan fingerprint density at radius 2 is 1.88 bits per heavy atom. The summed E-state index contributed by atoms with van der Waals surface area (Å²) in [7, 11) is 3.00. The third-order valence-corrected chi connectivity index (χ3v) is 5.49. The van der Waals surface area contributed by atoms with Gasteiger partial charge in [-0.1, -0.05) is 38.1 Å². The second-order valence-electron chi connectivity index (χ2n) is 7.59. The normalized spacial score (nSPS) is 17.2. The zero-order chi connectivity index (χ0) is 24.0. The fourth-order valence-electron chi connectivity index (χ4n) is 3.85. The van der Waals surface area contributed by atoms with E-state index in [0.717, 1.165) is 12.8 Å². The first-order chi connectivity index (χ1) is 16.0. The summed E-state index contributed by atoms with van der Waals surface area (Å²) >= 11 is 0. The smallest absolute Gasteiger partial charge is 0.295 e. The van der Waals surface area contributed by atoms with Gasteiger partial charge < -0.3 is 24.2 Å². The number of carbonyl (C=O) groups is 2. The van der Waals surface area contributed by atoms with Crippen LogP contribution in [0.5, 0.6) is 17.2 Å². The van der Waals surface area contributed by atoms with E-state index in [4.69, 9.17) is 14.2 Å². The molecule has 1 unspecified atom stereocenters. The van der Waals surface area contributed by atoms with Crippen LogP contribution in [-0.2, 0) is 9.59 Å². The number of ketones is 1. The van der Waals surface area contributed by atoms with Gasteiger partial charge in [0.05, 0.1) is 25.8 Å². The molecule has 1 aliphatic rings. The predicted octanol–water partition coefficient (Wildman–Crippen LogP) is 4.49. The van der Waals surface area contributed by atoms with Gasteiger partial charge in [0, 0.05) is 12.1 Å². The van der Waals surface area contributed by atoms with Gasteiger partial charge in [-0.3, -0.25) is 9.59 Å². The fraction of sp³-hybridized carbons (Fsp3) is 0.308. The average molecular weight is 452 g/mol. The van der Waals surface area contributed by atoms with Crippen LogP contribution < -0.4 is 14.2 Å². The molecule has 0 aliphatic carbocycles. The number of rotatable bonds is 10. The maximum atomic E-state index is 13.1. The summed E-state index contributed by atoms with van der Waals surface area (Å²) in [5, 5.41) is 11.2. The van der Waals surface area contributed by atoms with E-state index in [0.29, 0.717) is 41.5 Å². The minimum atomic E-state index is -0.739. The van der Waals surface area contributed by atoms with Crippen LogP contribution in [0, 0.1) is 0 Å². The monoisotopic (exact) mass is 451 g/mol. The van der Waals surface area contributed by atoms with Crippen molar-refractivity contribution in [1.29, 1.82) is 0 Å². The van der Waals surface area contributed by atoms with Crippen LogP contribution >= 0.6 is 0 Å². The number of aliphatic hydroxyl groups excluding tert-OH is 1. The second kappa shape index (κ2) is 10.7. The van der Waals surface area contributed by atoms with Crippen LogP contribution in [0.1, 0.15) is 36.9 Å². The molecule has 0 saturated carbocycles. The number of hydrogen-bond acceptors (Lipinski definition) is 6. The first kappa shape index (κ1) is 23.9. The number of nitrogens with zero attached hydrogens (tertiary/aromatic N) is 1. The van der Waals surface area contributed by atoms with Gasteiger partial charge in [-0.2, -0.15) is 0 Å². The Hall–Kier alpha value is -3.74. The highest BCUT2D eigenvalue weighted by Crippen LogP contribution is 2.41. The molecule has 1 heterocycles. The molecule has 1 saturated heterocycles. The summed E-state index contributed by atoms with van der Waals surface area (Å²) in [6.07, 6.45) is 3.22. The van der Waals surface area contributed by atoms with Gasteiger partial charge in [-0.25, -0.2) is 0 Å². The lowest BCUT2D eigenvalue weighted by molar-refractivity contribution is -0.139. The lowest BCUT2D eigenvalue weighted by Crippen LogP contribution is -2.30. The third kappa shape index (κ3) is 4.87. The van der Waals surface area contributed by atoms with E-state index in [9.17, 15) is 14.7 Å². The van der Waals surface area contributed by atoms with E-state index in [1.54, 1.807) is 42.5 Å². The van der Waals surface area contributed by atoms with Crippen LogP contribution in [0.3, 0.4) is 0 Å². The van der Waals surface area contributed by atoms with Gasteiger partial charge in [-0.15, -0.1) is 0 Å².